The minimum Gasteiger partial charge on any atom is -0.504 e. The number of aliphatic hydroxyl groups excluding tert-OH is 1. The number of ether oxygens (including phenoxy) is 2. The summed E-state index contributed by atoms with van der Waals surface area (Å²) in [5.74, 6) is -1.21. The van der Waals surface area contributed by atoms with E-state index in [9.17, 15) is 14.7 Å². The number of carbonyl (C=O) groups is 1. The van der Waals surface area contributed by atoms with Crippen molar-refractivity contribution in [3.63, 3.8) is 0 Å². The summed E-state index contributed by atoms with van der Waals surface area (Å²) >= 11 is 0. The van der Waals surface area contributed by atoms with Crippen LogP contribution in [0.1, 0.15) is 30.1 Å². The highest BCUT2D eigenvalue weighted by molar-refractivity contribution is 5.96. The lowest BCUT2D eigenvalue weighted by molar-refractivity contribution is 0.0493. The molecule has 1 aromatic heterocycles. The van der Waals surface area contributed by atoms with Gasteiger partial charge in [-0.15, -0.1) is 0 Å². The van der Waals surface area contributed by atoms with Crippen molar-refractivity contribution in [2.45, 2.75) is 19.8 Å². The Balaban J connectivity index is 2.30. The first-order valence-corrected chi connectivity index (χ1v) is 7.29. The van der Waals surface area contributed by atoms with Gasteiger partial charge in [-0.25, -0.2) is 9.59 Å². The van der Waals surface area contributed by atoms with Crippen LogP contribution >= 0.6 is 0 Å². The largest absolute Gasteiger partial charge is 0.504 e. The summed E-state index contributed by atoms with van der Waals surface area (Å²) in [7, 11) is 0. The minimum atomic E-state index is -0.781. The molecule has 0 atom stereocenters. The van der Waals surface area contributed by atoms with E-state index in [4.69, 9.17) is 19.0 Å². The van der Waals surface area contributed by atoms with Crippen LogP contribution in [0.5, 0.6) is 11.5 Å². The fourth-order valence-corrected chi connectivity index (χ4v) is 2.03. The average Bonchev–Trinajstić information content (AvgIpc) is 2.55. The Morgan fingerprint density at radius 1 is 1.30 bits per heavy atom. The molecule has 7 nitrogen and oxygen atoms in total. The van der Waals surface area contributed by atoms with Crippen molar-refractivity contribution in [3.05, 3.63) is 34.2 Å². The standard InChI is InChI=1S/C16H18O7/c1-2-21-14-13(18)11-9-10(5-6-12(11)23-16(14)20)15(19)22-8-4-3-7-17/h5-6,9,17-18H,2-4,7-8H2,1H3. The molecule has 0 aliphatic rings. The van der Waals surface area contributed by atoms with E-state index in [1.54, 1.807) is 6.92 Å². The first-order valence-electron chi connectivity index (χ1n) is 7.29. The van der Waals surface area contributed by atoms with Gasteiger partial charge in [0.25, 0.3) is 0 Å². The zero-order valence-corrected chi connectivity index (χ0v) is 12.7. The summed E-state index contributed by atoms with van der Waals surface area (Å²) in [4.78, 5) is 23.7. The molecule has 124 valence electrons. The van der Waals surface area contributed by atoms with E-state index < -0.39 is 11.6 Å². The van der Waals surface area contributed by atoms with Gasteiger partial charge in [0.15, 0.2) is 5.75 Å². The maximum Gasteiger partial charge on any atom is 0.383 e. The van der Waals surface area contributed by atoms with Crippen molar-refractivity contribution in [3.8, 4) is 11.5 Å². The van der Waals surface area contributed by atoms with Gasteiger partial charge in [-0.3, -0.25) is 0 Å². The van der Waals surface area contributed by atoms with Gasteiger partial charge in [-0.05, 0) is 38.0 Å². The van der Waals surface area contributed by atoms with Crippen molar-refractivity contribution < 1.29 is 28.9 Å². The molecule has 1 heterocycles. The lowest BCUT2D eigenvalue weighted by Crippen LogP contribution is -2.09. The number of fused-ring (bicyclic) bond motifs is 1. The van der Waals surface area contributed by atoms with Crippen LogP contribution in [0.25, 0.3) is 11.0 Å². The molecule has 0 spiro atoms. The third kappa shape index (κ3) is 3.81. The summed E-state index contributed by atoms with van der Waals surface area (Å²) in [6, 6.07) is 4.24. The predicted molar refractivity (Wildman–Crippen MR) is 81.9 cm³/mol. The molecule has 1 aromatic carbocycles. The van der Waals surface area contributed by atoms with Gasteiger partial charge < -0.3 is 24.1 Å². The second kappa shape index (κ2) is 7.64. The van der Waals surface area contributed by atoms with Crippen LogP contribution in [0.3, 0.4) is 0 Å². The molecule has 0 saturated heterocycles. The van der Waals surface area contributed by atoms with Crippen molar-refractivity contribution in [2.24, 2.45) is 0 Å². The van der Waals surface area contributed by atoms with E-state index in [-0.39, 0.29) is 47.9 Å². The van der Waals surface area contributed by atoms with E-state index in [2.05, 4.69) is 0 Å². The smallest absolute Gasteiger partial charge is 0.383 e. The van der Waals surface area contributed by atoms with Crippen LogP contribution in [0.4, 0.5) is 0 Å². The molecule has 0 saturated carbocycles. The van der Waals surface area contributed by atoms with E-state index in [1.165, 1.54) is 18.2 Å². The van der Waals surface area contributed by atoms with Gasteiger partial charge in [0.05, 0.1) is 24.2 Å². The number of unbranched alkanes of at least 4 members (excludes halogenated alkanes) is 1. The monoisotopic (exact) mass is 322 g/mol. The number of carbonyl (C=O) groups excluding carboxylic acids is 1. The van der Waals surface area contributed by atoms with Crippen LogP contribution in [0.2, 0.25) is 0 Å². The number of hydrogen-bond acceptors (Lipinski definition) is 7. The fraction of sp³-hybridized carbons (Fsp3) is 0.375. The molecule has 0 radical (unpaired) electrons. The van der Waals surface area contributed by atoms with Gasteiger partial charge in [-0.2, -0.15) is 0 Å². The van der Waals surface area contributed by atoms with Gasteiger partial charge in [0, 0.05) is 6.61 Å². The highest BCUT2D eigenvalue weighted by Gasteiger charge is 2.17. The molecule has 23 heavy (non-hydrogen) atoms. The van der Waals surface area contributed by atoms with Gasteiger partial charge in [0.2, 0.25) is 5.75 Å². The lowest BCUT2D eigenvalue weighted by atomic mass is 10.1. The van der Waals surface area contributed by atoms with Crippen LogP contribution in [-0.2, 0) is 4.74 Å². The third-order valence-corrected chi connectivity index (χ3v) is 3.15. The summed E-state index contributed by atoms with van der Waals surface area (Å²) in [6.07, 6.45) is 1.11. The summed E-state index contributed by atoms with van der Waals surface area (Å²) in [5.41, 5.74) is -0.419. The number of esters is 1. The van der Waals surface area contributed by atoms with E-state index >= 15 is 0 Å². The Labute approximate surface area is 132 Å². The average molecular weight is 322 g/mol. The van der Waals surface area contributed by atoms with Gasteiger partial charge in [-0.1, -0.05) is 0 Å². The van der Waals surface area contributed by atoms with E-state index in [0.717, 1.165) is 0 Å². The van der Waals surface area contributed by atoms with E-state index in [0.29, 0.717) is 12.8 Å². The molecule has 0 unspecified atom stereocenters. The lowest BCUT2D eigenvalue weighted by Gasteiger charge is -2.08. The summed E-state index contributed by atoms with van der Waals surface area (Å²) in [6.45, 7) is 2.10. The minimum absolute atomic E-state index is 0.0423. The number of benzene rings is 1. The maximum absolute atomic E-state index is 12.0. The number of aromatic hydroxyl groups is 1. The Kier molecular flexibility index (Phi) is 5.59. The van der Waals surface area contributed by atoms with Crippen molar-refractivity contribution in [1.82, 2.24) is 0 Å². The Morgan fingerprint density at radius 3 is 2.78 bits per heavy atom. The molecule has 0 fully saturated rings. The third-order valence-electron chi connectivity index (χ3n) is 3.15. The van der Waals surface area contributed by atoms with Crippen molar-refractivity contribution in [2.75, 3.05) is 19.8 Å². The first kappa shape index (κ1) is 16.8. The molecule has 0 amide bonds. The van der Waals surface area contributed by atoms with Gasteiger partial charge in [0.1, 0.15) is 5.58 Å². The molecule has 0 bridgehead atoms. The second-order valence-electron chi connectivity index (χ2n) is 4.78. The number of aliphatic hydroxyl groups is 1. The van der Waals surface area contributed by atoms with Crippen molar-refractivity contribution in [1.29, 1.82) is 0 Å². The zero-order valence-electron chi connectivity index (χ0n) is 12.7. The van der Waals surface area contributed by atoms with E-state index in [1.807, 2.05) is 0 Å². The normalized spacial score (nSPS) is 10.7. The molecular weight excluding hydrogens is 304 g/mol. The second-order valence-corrected chi connectivity index (χ2v) is 4.78. The first-order chi connectivity index (χ1) is 11.1. The molecule has 0 aliphatic heterocycles. The Bertz CT molecular complexity index is 748. The highest BCUT2D eigenvalue weighted by Crippen LogP contribution is 2.32. The Hall–Kier alpha value is -2.54. The Morgan fingerprint density at radius 2 is 2.09 bits per heavy atom. The number of hydrogen-bond donors (Lipinski definition) is 2. The fourth-order valence-electron chi connectivity index (χ4n) is 2.03. The summed E-state index contributed by atoms with van der Waals surface area (Å²) < 4.78 is 15.2. The van der Waals surface area contributed by atoms with Gasteiger partial charge >= 0.3 is 11.6 Å². The molecule has 0 aliphatic carbocycles. The van der Waals surface area contributed by atoms with Crippen molar-refractivity contribution >= 4 is 16.9 Å². The van der Waals surface area contributed by atoms with Crippen LogP contribution in [0, 0.1) is 0 Å². The quantitative estimate of drug-likeness (QED) is 0.455. The molecular formula is C16H18O7. The summed E-state index contributed by atoms with van der Waals surface area (Å²) in [5, 5.41) is 19.0. The SMILES string of the molecule is CCOc1c(O)c2cc(C(=O)OCCCCO)ccc2oc1=O. The predicted octanol–water partition coefficient (Wildman–Crippen LogP) is 1.83. The topological polar surface area (TPSA) is 106 Å². The molecule has 7 heteroatoms. The maximum atomic E-state index is 12.0. The number of rotatable bonds is 7. The zero-order chi connectivity index (χ0) is 16.8. The van der Waals surface area contributed by atoms with Crippen LogP contribution in [0.15, 0.2) is 27.4 Å². The van der Waals surface area contributed by atoms with Crippen LogP contribution in [-0.4, -0.2) is 36.0 Å². The molecule has 2 N–H and O–H groups in total. The van der Waals surface area contributed by atoms with Crippen LogP contribution < -0.4 is 10.4 Å². The molecule has 2 rings (SSSR count). The highest BCUT2D eigenvalue weighted by atomic mass is 16.5. The molecule has 2 aromatic rings.